The number of aryl methyl sites for hydroxylation is 2. The second kappa shape index (κ2) is 19.2. The molecule has 0 saturated heterocycles. The molecule has 0 radical (unpaired) electrons. The Morgan fingerprint density at radius 2 is 1.18 bits per heavy atom. The molecule has 0 saturated carbocycles. The van der Waals surface area contributed by atoms with Crippen LogP contribution in [0, 0.1) is 6.92 Å². The highest BCUT2D eigenvalue weighted by Gasteiger charge is 2.17. The minimum Gasteiger partial charge on any atom is -0.744 e. The summed E-state index contributed by atoms with van der Waals surface area (Å²) in [7, 11) is -4.33. The molecule has 0 unspecified atom stereocenters. The maximum Gasteiger partial charge on any atom is 0.344 e. The summed E-state index contributed by atoms with van der Waals surface area (Å²) in [6, 6.07) is 13.4. The Morgan fingerprint density at radius 1 is 0.718 bits per heavy atom. The molecule has 1 heterocycles. The molecule has 5 nitrogen and oxygen atoms in total. The quantitative estimate of drug-likeness (QED) is 0.0856. The number of fused-ring (bicyclic) bond motifs is 1. The van der Waals surface area contributed by atoms with Crippen LogP contribution in [0.4, 0.5) is 0 Å². The number of halogens is 1. The molecule has 7 heteroatoms. The predicted octanol–water partition coefficient (Wildman–Crippen LogP) is 9.53. The molecule has 0 amide bonds. The van der Waals surface area contributed by atoms with Crippen LogP contribution in [-0.2, 0) is 16.7 Å². The molecule has 1 aromatic heterocycles. The van der Waals surface area contributed by atoms with Gasteiger partial charge in [0, 0.05) is 17.5 Å². The van der Waals surface area contributed by atoms with Crippen LogP contribution in [0.5, 0.6) is 0 Å². The first kappa shape index (κ1) is 33.3. The molecule has 0 atom stereocenters. The molecule has 3 aromatic rings. The molecule has 0 bridgehead atoms. The van der Waals surface area contributed by atoms with Gasteiger partial charge in [0.2, 0.25) is 5.58 Å². The van der Waals surface area contributed by atoms with E-state index in [4.69, 9.17) is 16.0 Å². The maximum atomic E-state index is 10.3. The van der Waals surface area contributed by atoms with Crippen LogP contribution in [0.3, 0.4) is 0 Å². The average molecular weight is 578 g/mol. The molecule has 39 heavy (non-hydrogen) atoms. The third kappa shape index (κ3) is 13.8. The third-order valence-corrected chi connectivity index (χ3v) is 8.23. The topological polar surface area (TPSA) is 74.2 Å². The van der Waals surface area contributed by atoms with Crippen LogP contribution >= 0.6 is 11.6 Å². The van der Waals surface area contributed by atoms with Crippen molar-refractivity contribution in [1.29, 1.82) is 0 Å². The Kier molecular flexibility index (Phi) is 16.4. The van der Waals surface area contributed by atoms with E-state index in [0.717, 1.165) is 18.0 Å². The summed E-state index contributed by atoms with van der Waals surface area (Å²) in [5.41, 5.74) is 2.25. The van der Waals surface area contributed by atoms with Gasteiger partial charge in [0.1, 0.15) is 10.1 Å². The van der Waals surface area contributed by atoms with E-state index in [1.165, 1.54) is 133 Å². The van der Waals surface area contributed by atoms with Gasteiger partial charge in [-0.15, -0.1) is 0 Å². The van der Waals surface area contributed by atoms with Gasteiger partial charge in [-0.05, 0) is 36.8 Å². The lowest BCUT2D eigenvalue weighted by atomic mass is 10.0. The van der Waals surface area contributed by atoms with Crippen molar-refractivity contribution in [2.45, 2.75) is 128 Å². The van der Waals surface area contributed by atoms with Gasteiger partial charge in [0.25, 0.3) is 5.52 Å². The van der Waals surface area contributed by atoms with Crippen molar-refractivity contribution in [2.24, 2.45) is 0 Å². The predicted molar refractivity (Wildman–Crippen MR) is 160 cm³/mol. The van der Waals surface area contributed by atoms with Crippen molar-refractivity contribution in [3.8, 4) is 0 Å². The lowest BCUT2D eigenvalue weighted by Crippen LogP contribution is -2.35. The minimum absolute atomic E-state index is 0.262. The minimum atomic E-state index is -4.33. The van der Waals surface area contributed by atoms with E-state index in [-0.39, 0.29) is 4.90 Å². The number of rotatable bonds is 18. The molecule has 3 rings (SSSR count). The van der Waals surface area contributed by atoms with Crippen molar-refractivity contribution in [1.82, 2.24) is 0 Å². The van der Waals surface area contributed by atoms with Crippen LogP contribution in [0.15, 0.2) is 57.8 Å². The molecule has 0 aliphatic rings. The molecule has 2 aromatic carbocycles. The van der Waals surface area contributed by atoms with Crippen molar-refractivity contribution in [3.05, 3.63) is 59.4 Å². The first-order valence-electron chi connectivity index (χ1n) is 14.9. The fourth-order valence-corrected chi connectivity index (χ4v) is 5.44. The zero-order valence-corrected chi connectivity index (χ0v) is 25.6. The Hall–Kier alpha value is -1.89. The van der Waals surface area contributed by atoms with E-state index in [0.29, 0.717) is 5.02 Å². The summed E-state index contributed by atoms with van der Waals surface area (Å²) in [6.07, 6.45) is 22.7. The fraction of sp³-hybridized carbons (Fsp3) is 0.594. The Balaban J connectivity index is 0.000000404. The zero-order valence-electron chi connectivity index (χ0n) is 24.0. The lowest BCUT2D eigenvalue weighted by Gasteiger charge is -2.05. The number of hydrogen-bond acceptors (Lipinski definition) is 4. The van der Waals surface area contributed by atoms with Gasteiger partial charge in [-0.3, -0.25) is 0 Å². The molecular weight excluding hydrogens is 530 g/mol. The SMILES string of the molecule is CCCCCCCCCCCCCCCCCC[n+]1c(C)oc2ccccc21.O=S(=O)([O-])c1ccc(Cl)cc1. The maximum absolute atomic E-state index is 10.3. The molecule has 0 fully saturated rings. The summed E-state index contributed by atoms with van der Waals surface area (Å²) in [6.45, 7) is 5.45. The van der Waals surface area contributed by atoms with Crippen molar-refractivity contribution in [2.75, 3.05) is 0 Å². The number of hydrogen-bond donors (Lipinski definition) is 0. The Bertz CT molecular complexity index is 1160. The van der Waals surface area contributed by atoms with Crippen molar-refractivity contribution < 1.29 is 22.0 Å². The second-order valence-corrected chi connectivity index (χ2v) is 12.3. The van der Waals surface area contributed by atoms with E-state index in [2.05, 4.69) is 36.6 Å². The van der Waals surface area contributed by atoms with Gasteiger partial charge in [-0.2, -0.15) is 4.57 Å². The number of unbranched alkanes of at least 4 members (excludes halogenated alkanes) is 15. The largest absolute Gasteiger partial charge is 0.744 e. The number of benzene rings is 2. The number of para-hydroxylation sites is 2. The molecule has 0 aliphatic carbocycles. The van der Waals surface area contributed by atoms with Crippen LogP contribution < -0.4 is 4.57 Å². The van der Waals surface area contributed by atoms with Gasteiger partial charge >= 0.3 is 5.89 Å². The van der Waals surface area contributed by atoms with Gasteiger partial charge in [-0.1, -0.05) is 121 Å². The van der Waals surface area contributed by atoms with Gasteiger partial charge in [-0.25, -0.2) is 8.42 Å². The summed E-state index contributed by atoms with van der Waals surface area (Å²) in [5.74, 6) is 1.03. The van der Waals surface area contributed by atoms with Gasteiger partial charge in [0.05, 0.1) is 11.8 Å². The lowest BCUT2D eigenvalue weighted by molar-refractivity contribution is -0.683. The molecular formula is C32H48ClNO4S. The van der Waals surface area contributed by atoms with Crippen LogP contribution in [0.25, 0.3) is 11.1 Å². The van der Waals surface area contributed by atoms with E-state index in [1.54, 1.807) is 0 Å². The van der Waals surface area contributed by atoms with E-state index in [1.807, 2.05) is 6.07 Å². The summed E-state index contributed by atoms with van der Waals surface area (Å²) in [4.78, 5) is -0.262. The van der Waals surface area contributed by atoms with Crippen molar-refractivity contribution in [3.63, 3.8) is 0 Å². The molecule has 0 N–H and O–H groups in total. The molecule has 0 spiro atoms. The molecule has 218 valence electrons. The first-order valence-corrected chi connectivity index (χ1v) is 16.7. The molecule has 0 aliphatic heterocycles. The third-order valence-electron chi connectivity index (χ3n) is 7.13. The van der Waals surface area contributed by atoms with E-state index >= 15 is 0 Å². The summed E-state index contributed by atoms with van der Waals surface area (Å²) < 4.78 is 39.2. The number of nitrogens with zero attached hydrogens (tertiary/aromatic N) is 1. The highest BCUT2D eigenvalue weighted by molar-refractivity contribution is 7.85. The number of oxazole rings is 1. The first-order chi connectivity index (χ1) is 18.8. The second-order valence-electron chi connectivity index (χ2n) is 10.5. The van der Waals surface area contributed by atoms with E-state index < -0.39 is 10.1 Å². The standard InChI is InChI=1S/C26H44NO.C6H5ClO3S/c1-3-4-5-6-7-8-9-10-11-12-13-14-15-16-17-20-23-27-24(2)28-26-22-19-18-21-25(26)27;7-5-1-3-6(4-2-5)11(8,9)10/h18-19,21-22H,3-17,20,23H2,1-2H3;1-4H,(H,8,9,10)/q+1;/p-1. The highest BCUT2D eigenvalue weighted by atomic mass is 35.5. The average Bonchev–Trinajstić information content (AvgIpc) is 3.23. The van der Waals surface area contributed by atoms with E-state index in [9.17, 15) is 13.0 Å². The van der Waals surface area contributed by atoms with Crippen LogP contribution in [-0.4, -0.2) is 13.0 Å². The summed E-state index contributed by atoms with van der Waals surface area (Å²) in [5, 5.41) is 0.400. The fourth-order valence-electron chi connectivity index (χ4n) is 4.85. The zero-order chi connectivity index (χ0) is 28.3. The summed E-state index contributed by atoms with van der Waals surface area (Å²) >= 11 is 5.46. The van der Waals surface area contributed by atoms with Gasteiger partial charge in [0.15, 0.2) is 6.54 Å². The van der Waals surface area contributed by atoms with Crippen LogP contribution in [0.2, 0.25) is 5.02 Å². The highest BCUT2D eigenvalue weighted by Crippen LogP contribution is 2.16. The van der Waals surface area contributed by atoms with Crippen LogP contribution in [0.1, 0.15) is 116 Å². The van der Waals surface area contributed by atoms with Crippen molar-refractivity contribution >= 4 is 32.8 Å². The smallest absolute Gasteiger partial charge is 0.344 e. The Labute approximate surface area is 241 Å². The normalized spacial score (nSPS) is 11.5. The monoisotopic (exact) mass is 577 g/mol. The number of aromatic nitrogens is 1. The van der Waals surface area contributed by atoms with Gasteiger partial charge < -0.3 is 8.97 Å². The Morgan fingerprint density at radius 3 is 1.67 bits per heavy atom.